The van der Waals surface area contributed by atoms with Crippen LogP contribution in [0.4, 0.5) is 0 Å². The number of unbranched alkanes of at least 4 members (excludes halogenated alkanes) is 13. The van der Waals surface area contributed by atoms with Crippen LogP contribution in [0, 0.1) is 0 Å². The summed E-state index contributed by atoms with van der Waals surface area (Å²) in [6, 6.07) is 3.91. The lowest BCUT2D eigenvalue weighted by Gasteiger charge is -2.03. The van der Waals surface area contributed by atoms with Crippen LogP contribution in [0.1, 0.15) is 132 Å². The quantitative estimate of drug-likeness (QED) is 0.109. The Hall–Kier alpha value is -1.83. The van der Waals surface area contributed by atoms with Gasteiger partial charge in [-0.25, -0.2) is 0 Å². The van der Waals surface area contributed by atoms with E-state index in [-0.39, 0.29) is 0 Å². The molecule has 0 fully saturated rings. The van der Waals surface area contributed by atoms with Crippen molar-refractivity contribution in [3.63, 3.8) is 0 Å². The smallest absolute Gasteiger partial charge is 0.166 e. The summed E-state index contributed by atoms with van der Waals surface area (Å²) < 4.78 is 0. The van der Waals surface area contributed by atoms with E-state index in [0.29, 0.717) is 5.69 Å². The lowest BCUT2D eigenvalue weighted by molar-refractivity contribution is 0.111. The minimum Gasteiger partial charge on any atom is -0.356 e. The summed E-state index contributed by atoms with van der Waals surface area (Å²) in [4.78, 5) is 13.8. The van der Waals surface area contributed by atoms with Gasteiger partial charge < -0.3 is 4.98 Å². The maximum Gasteiger partial charge on any atom is 0.166 e. The Morgan fingerprint density at radius 2 is 1.12 bits per heavy atom. The van der Waals surface area contributed by atoms with Gasteiger partial charge in [0.1, 0.15) is 0 Å². The van der Waals surface area contributed by atoms with Crippen molar-refractivity contribution in [1.29, 1.82) is 0 Å². The minimum absolute atomic E-state index is 0.697. The fourth-order valence-corrected chi connectivity index (χ4v) is 4.02. The van der Waals surface area contributed by atoms with E-state index < -0.39 is 0 Å². The van der Waals surface area contributed by atoms with Gasteiger partial charge in [-0.3, -0.25) is 4.79 Å². The summed E-state index contributed by atoms with van der Waals surface area (Å²) in [6.45, 7) is 2.18. The molecule has 0 spiro atoms. The largest absolute Gasteiger partial charge is 0.356 e. The third kappa shape index (κ3) is 17.8. The first-order valence-electron chi connectivity index (χ1n) is 13.4. The van der Waals surface area contributed by atoms with Crippen LogP contribution in [0.15, 0.2) is 48.6 Å². The fraction of sp³-hybridized carbons (Fsp3) is 0.633. The molecule has 180 valence electrons. The number of aryl methyl sites for hydroxylation is 1. The van der Waals surface area contributed by atoms with Gasteiger partial charge in [0, 0.05) is 5.69 Å². The minimum atomic E-state index is 0.697. The van der Waals surface area contributed by atoms with Gasteiger partial charge in [-0.2, -0.15) is 0 Å². The van der Waals surface area contributed by atoms with Gasteiger partial charge in [-0.15, -0.1) is 0 Å². The van der Waals surface area contributed by atoms with E-state index in [4.69, 9.17) is 0 Å². The van der Waals surface area contributed by atoms with E-state index in [9.17, 15) is 4.79 Å². The molecular weight excluding hydrogens is 390 g/mol. The molecule has 0 aromatic carbocycles. The lowest BCUT2D eigenvalue weighted by atomic mass is 10.0. The van der Waals surface area contributed by atoms with Crippen molar-refractivity contribution in [1.82, 2.24) is 4.98 Å². The lowest BCUT2D eigenvalue weighted by Crippen LogP contribution is -1.88. The zero-order valence-electron chi connectivity index (χ0n) is 20.8. The summed E-state index contributed by atoms with van der Waals surface area (Å²) in [5.74, 6) is 0. The second-order valence-electron chi connectivity index (χ2n) is 8.99. The number of carbonyl (C=O) groups is 1. The topological polar surface area (TPSA) is 32.9 Å². The standard InChI is InChI=1S/C30H49NO/c1-2-3-4-5-6-7-8-9-10-11-12-13-14-15-16-17-18-19-20-21-22-23-24-25-29-26-27-30(28-32)31-29/h3-4,6-7,9-10,26-28,31H,2,5,8,11-25H2,1H3. The Kier molecular flexibility index (Phi) is 19.7. The van der Waals surface area contributed by atoms with E-state index in [1.54, 1.807) is 0 Å². The third-order valence-corrected chi connectivity index (χ3v) is 5.99. The van der Waals surface area contributed by atoms with Crippen LogP contribution in [0.3, 0.4) is 0 Å². The number of hydrogen-bond donors (Lipinski definition) is 1. The zero-order chi connectivity index (χ0) is 23.0. The molecule has 0 radical (unpaired) electrons. The van der Waals surface area contributed by atoms with Crippen molar-refractivity contribution in [2.75, 3.05) is 0 Å². The highest BCUT2D eigenvalue weighted by Gasteiger charge is 1.98. The normalized spacial score (nSPS) is 12.0. The van der Waals surface area contributed by atoms with E-state index in [1.165, 1.54) is 95.6 Å². The SMILES string of the molecule is CCC=CCC=CCC=CCCCCCCCCCCCCCCCc1ccc(C=O)[nH]1. The maximum atomic E-state index is 10.7. The first-order valence-corrected chi connectivity index (χ1v) is 13.4. The molecule has 1 heterocycles. The van der Waals surface area contributed by atoms with Gasteiger partial charge in [0.2, 0.25) is 0 Å². The molecule has 32 heavy (non-hydrogen) atoms. The average Bonchev–Trinajstić information content (AvgIpc) is 3.27. The number of rotatable bonds is 22. The van der Waals surface area contributed by atoms with E-state index in [2.05, 4.69) is 48.4 Å². The average molecular weight is 440 g/mol. The number of carbonyl (C=O) groups excluding carboxylic acids is 1. The molecule has 0 saturated carbocycles. The zero-order valence-corrected chi connectivity index (χ0v) is 20.8. The number of aromatic amines is 1. The Bertz CT molecular complexity index is 623. The maximum absolute atomic E-state index is 10.7. The van der Waals surface area contributed by atoms with Gasteiger partial charge in [-0.1, -0.05) is 114 Å². The summed E-state index contributed by atoms with van der Waals surface area (Å²) >= 11 is 0. The van der Waals surface area contributed by atoms with Crippen LogP contribution in [-0.2, 0) is 6.42 Å². The van der Waals surface area contributed by atoms with Gasteiger partial charge in [0.15, 0.2) is 6.29 Å². The monoisotopic (exact) mass is 439 g/mol. The number of nitrogens with one attached hydrogen (secondary N) is 1. The number of hydrogen-bond acceptors (Lipinski definition) is 1. The predicted octanol–water partition coefficient (Wildman–Crippen LogP) is 9.69. The highest BCUT2D eigenvalue weighted by Crippen LogP contribution is 2.14. The van der Waals surface area contributed by atoms with Crippen molar-refractivity contribution in [3.8, 4) is 0 Å². The molecule has 2 nitrogen and oxygen atoms in total. The van der Waals surface area contributed by atoms with Crippen LogP contribution in [-0.4, -0.2) is 11.3 Å². The van der Waals surface area contributed by atoms with Gasteiger partial charge in [0.05, 0.1) is 5.69 Å². The number of aromatic nitrogens is 1. The molecule has 1 rings (SSSR count). The van der Waals surface area contributed by atoms with E-state index in [0.717, 1.165) is 32.0 Å². The molecule has 0 saturated heterocycles. The first kappa shape index (κ1) is 28.2. The highest BCUT2D eigenvalue weighted by molar-refractivity contribution is 5.71. The number of aldehydes is 1. The van der Waals surface area contributed by atoms with Gasteiger partial charge >= 0.3 is 0 Å². The second-order valence-corrected chi connectivity index (χ2v) is 8.99. The Labute approximate surface area is 198 Å². The Balaban J connectivity index is 1.74. The molecule has 2 heteroatoms. The van der Waals surface area contributed by atoms with Crippen molar-refractivity contribution in [2.45, 2.75) is 122 Å². The van der Waals surface area contributed by atoms with Crippen LogP contribution >= 0.6 is 0 Å². The number of H-pyrrole nitrogens is 1. The molecule has 0 atom stereocenters. The van der Waals surface area contributed by atoms with Crippen LogP contribution in [0.25, 0.3) is 0 Å². The van der Waals surface area contributed by atoms with E-state index >= 15 is 0 Å². The van der Waals surface area contributed by atoms with Crippen molar-refractivity contribution in [3.05, 3.63) is 60.0 Å². The van der Waals surface area contributed by atoms with Gasteiger partial charge in [-0.05, 0) is 57.1 Å². The first-order chi connectivity index (χ1) is 15.9. The van der Waals surface area contributed by atoms with Gasteiger partial charge in [0.25, 0.3) is 0 Å². The molecule has 0 amide bonds. The molecule has 0 unspecified atom stereocenters. The molecule has 1 N–H and O–H groups in total. The number of allylic oxidation sites excluding steroid dienone is 6. The van der Waals surface area contributed by atoms with Crippen molar-refractivity contribution < 1.29 is 4.79 Å². The summed E-state index contributed by atoms with van der Waals surface area (Å²) in [5, 5.41) is 0. The molecule has 1 aromatic rings. The highest BCUT2D eigenvalue weighted by atomic mass is 16.1. The Morgan fingerprint density at radius 3 is 1.66 bits per heavy atom. The molecule has 1 aromatic heterocycles. The fourth-order valence-electron chi connectivity index (χ4n) is 4.02. The summed E-state index contributed by atoms with van der Waals surface area (Å²) in [7, 11) is 0. The summed E-state index contributed by atoms with van der Waals surface area (Å²) in [6.07, 6.45) is 38.0. The molecule has 0 bridgehead atoms. The molecule has 0 aliphatic rings. The molecule has 0 aliphatic carbocycles. The predicted molar refractivity (Wildman–Crippen MR) is 141 cm³/mol. The second kappa shape index (κ2) is 22.4. The van der Waals surface area contributed by atoms with Crippen LogP contribution in [0.2, 0.25) is 0 Å². The van der Waals surface area contributed by atoms with Crippen LogP contribution in [0.5, 0.6) is 0 Å². The third-order valence-electron chi connectivity index (χ3n) is 5.99. The molecule has 0 aliphatic heterocycles. The summed E-state index contributed by atoms with van der Waals surface area (Å²) in [5.41, 5.74) is 1.89. The van der Waals surface area contributed by atoms with E-state index in [1.807, 2.05) is 12.1 Å². The van der Waals surface area contributed by atoms with Crippen molar-refractivity contribution in [2.24, 2.45) is 0 Å². The van der Waals surface area contributed by atoms with Crippen LogP contribution < -0.4 is 0 Å². The Morgan fingerprint density at radius 1 is 0.625 bits per heavy atom. The van der Waals surface area contributed by atoms with Crippen molar-refractivity contribution >= 4 is 6.29 Å². The molecular formula is C30H49NO.